The molecule has 0 aliphatic carbocycles. The van der Waals surface area contributed by atoms with Gasteiger partial charge in [-0.25, -0.2) is 0 Å². The highest BCUT2D eigenvalue weighted by Crippen LogP contribution is 2.32. The summed E-state index contributed by atoms with van der Waals surface area (Å²) in [5.74, 6) is -0.934. The zero-order chi connectivity index (χ0) is 11.5. The average molecular weight is 215 g/mol. The third kappa shape index (κ3) is 2.28. The lowest BCUT2D eigenvalue weighted by atomic mass is 9.86. The van der Waals surface area contributed by atoms with Crippen LogP contribution in [-0.2, 0) is 19.1 Å². The molecule has 1 rings (SSSR count). The van der Waals surface area contributed by atoms with E-state index in [1.165, 1.54) is 0 Å². The first-order valence-corrected chi connectivity index (χ1v) is 5.02. The van der Waals surface area contributed by atoms with Crippen molar-refractivity contribution in [2.45, 2.75) is 13.3 Å². The molecule has 1 unspecified atom stereocenters. The first-order chi connectivity index (χ1) is 7.03. The van der Waals surface area contributed by atoms with Crippen LogP contribution in [0.25, 0.3) is 0 Å². The van der Waals surface area contributed by atoms with Crippen molar-refractivity contribution in [1.29, 1.82) is 0 Å². The van der Waals surface area contributed by atoms with Crippen molar-refractivity contribution in [1.82, 2.24) is 4.90 Å². The normalized spacial score (nSPS) is 25.5. The van der Waals surface area contributed by atoms with Crippen molar-refractivity contribution in [3.63, 3.8) is 0 Å². The molecule has 0 amide bonds. The number of carbonyl (C=O) groups is 2. The van der Waals surface area contributed by atoms with Gasteiger partial charge in [-0.1, -0.05) is 0 Å². The molecule has 5 heteroatoms. The Bertz CT molecular complexity index is 264. The Morgan fingerprint density at radius 3 is 2.67 bits per heavy atom. The molecular weight excluding hydrogens is 198 g/mol. The lowest BCUT2D eigenvalue weighted by Gasteiger charge is -2.25. The van der Waals surface area contributed by atoms with Crippen molar-refractivity contribution >= 4 is 11.9 Å². The van der Waals surface area contributed by atoms with Gasteiger partial charge >= 0.3 is 11.9 Å². The van der Waals surface area contributed by atoms with Crippen LogP contribution in [0.15, 0.2) is 0 Å². The summed E-state index contributed by atoms with van der Waals surface area (Å²) in [6.45, 7) is 2.64. The molecule has 86 valence electrons. The van der Waals surface area contributed by atoms with Crippen molar-refractivity contribution in [3.8, 4) is 0 Å². The maximum atomic E-state index is 11.8. The van der Waals surface area contributed by atoms with Crippen molar-refractivity contribution in [2.75, 3.05) is 33.9 Å². The molecule has 0 spiro atoms. The van der Waals surface area contributed by atoms with E-state index in [1.807, 2.05) is 14.1 Å². The molecule has 0 aromatic heterocycles. The molecule has 0 saturated carbocycles. The van der Waals surface area contributed by atoms with Crippen LogP contribution in [0.1, 0.15) is 13.3 Å². The summed E-state index contributed by atoms with van der Waals surface area (Å²) in [5.41, 5.74) is -1.11. The van der Waals surface area contributed by atoms with Gasteiger partial charge in [0.2, 0.25) is 0 Å². The SMILES string of the molecule is CCOC(=O)C1(CN(C)C)CCOC1=O. The molecule has 0 N–H and O–H groups in total. The summed E-state index contributed by atoms with van der Waals surface area (Å²) in [6.07, 6.45) is 0.406. The molecule has 1 fully saturated rings. The first-order valence-electron chi connectivity index (χ1n) is 5.02. The van der Waals surface area contributed by atoms with Crippen molar-refractivity contribution < 1.29 is 19.1 Å². The maximum Gasteiger partial charge on any atom is 0.324 e. The van der Waals surface area contributed by atoms with Gasteiger partial charge < -0.3 is 14.4 Å². The predicted octanol–water partition coefficient (Wildman–Crippen LogP) is 0.0444. The average Bonchev–Trinajstić information content (AvgIpc) is 2.48. The Morgan fingerprint density at radius 1 is 1.60 bits per heavy atom. The van der Waals surface area contributed by atoms with Gasteiger partial charge in [-0.05, 0) is 21.0 Å². The fraction of sp³-hybridized carbons (Fsp3) is 0.800. The molecule has 1 aliphatic heterocycles. The molecule has 1 saturated heterocycles. The van der Waals surface area contributed by atoms with Gasteiger partial charge in [0.05, 0.1) is 13.2 Å². The third-order valence-electron chi connectivity index (χ3n) is 2.41. The second-order valence-electron chi connectivity index (χ2n) is 3.93. The van der Waals surface area contributed by atoms with E-state index in [4.69, 9.17) is 9.47 Å². The summed E-state index contributed by atoms with van der Waals surface area (Å²) >= 11 is 0. The van der Waals surface area contributed by atoms with Crippen LogP contribution >= 0.6 is 0 Å². The van der Waals surface area contributed by atoms with Gasteiger partial charge in [-0.3, -0.25) is 9.59 Å². The molecule has 15 heavy (non-hydrogen) atoms. The largest absolute Gasteiger partial charge is 0.465 e. The topological polar surface area (TPSA) is 55.8 Å². The second kappa shape index (κ2) is 4.61. The molecule has 0 aromatic carbocycles. The minimum absolute atomic E-state index is 0.279. The fourth-order valence-electron chi connectivity index (χ4n) is 1.76. The standard InChI is InChI=1S/C10H17NO4/c1-4-14-8(12)10(7-11(2)3)5-6-15-9(10)13/h4-7H2,1-3H3. The highest BCUT2D eigenvalue weighted by Gasteiger charge is 2.52. The van der Waals surface area contributed by atoms with E-state index >= 15 is 0 Å². The van der Waals surface area contributed by atoms with Gasteiger partial charge in [0.1, 0.15) is 0 Å². The number of hydrogen-bond donors (Lipinski definition) is 0. The van der Waals surface area contributed by atoms with E-state index in [0.717, 1.165) is 0 Å². The summed E-state index contributed by atoms with van der Waals surface area (Å²) in [5, 5.41) is 0. The van der Waals surface area contributed by atoms with Gasteiger partial charge in [-0.15, -0.1) is 0 Å². The van der Waals surface area contributed by atoms with Gasteiger partial charge in [0.15, 0.2) is 5.41 Å². The lowest BCUT2D eigenvalue weighted by molar-refractivity contribution is -0.165. The Labute approximate surface area is 89.3 Å². The molecule has 0 bridgehead atoms. The van der Waals surface area contributed by atoms with E-state index < -0.39 is 17.4 Å². The van der Waals surface area contributed by atoms with Gasteiger partial charge in [0.25, 0.3) is 0 Å². The minimum atomic E-state index is -1.11. The van der Waals surface area contributed by atoms with Gasteiger partial charge in [0, 0.05) is 13.0 Å². The van der Waals surface area contributed by atoms with E-state index in [-0.39, 0.29) is 6.61 Å². The smallest absolute Gasteiger partial charge is 0.324 e. The predicted molar refractivity (Wildman–Crippen MR) is 53.2 cm³/mol. The van der Waals surface area contributed by atoms with Crippen LogP contribution in [0.5, 0.6) is 0 Å². The van der Waals surface area contributed by atoms with Crippen LogP contribution in [-0.4, -0.2) is 50.7 Å². The molecule has 0 aromatic rings. The van der Waals surface area contributed by atoms with Crippen LogP contribution in [0.2, 0.25) is 0 Å². The Hall–Kier alpha value is -1.10. The summed E-state index contributed by atoms with van der Waals surface area (Å²) in [4.78, 5) is 25.2. The number of esters is 2. The van der Waals surface area contributed by atoms with E-state index in [2.05, 4.69) is 0 Å². The number of ether oxygens (including phenoxy) is 2. The lowest BCUT2D eigenvalue weighted by Crippen LogP contribution is -2.45. The molecule has 0 radical (unpaired) electrons. The minimum Gasteiger partial charge on any atom is -0.465 e. The number of nitrogens with zero attached hydrogens (tertiary/aromatic N) is 1. The highest BCUT2D eigenvalue weighted by atomic mass is 16.6. The molecule has 1 atom stereocenters. The zero-order valence-corrected chi connectivity index (χ0v) is 9.41. The first kappa shape index (κ1) is 12.0. The molecular formula is C10H17NO4. The van der Waals surface area contributed by atoms with Crippen LogP contribution in [0.3, 0.4) is 0 Å². The van der Waals surface area contributed by atoms with Crippen molar-refractivity contribution in [3.05, 3.63) is 0 Å². The summed E-state index contributed by atoms with van der Waals surface area (Å²) in [7, 11) is 3.62. The van der Waals surface area contributed by atoms with Crippen LogP contribution in [0.4, 0.5) is 0 Å². The number of hydrogen-bond acceptors (Lipinski definition) is 5. The van der Waals surface area contributed by atoms with Crippen LogP contribution in [0, 0.1) is 5.41 Å². The monoisotopic (exact) mass is 215 g/mol. The van der Waals surface area contributed by atoms with E-state index in [1.54, 1.807) is 11.8 Å². The number of rotatable bonds is 4. The summed E-state index contributed by atoms with van der Waals surface area (Å²) in [6, 6.07) is 0. The molecule has 1 heterocycles. The Kier molecular flexibility index (Phi) is 3.68. The number of carbonyl (C=O) groups excluding carboxylic acids is 2. The van der Waals surface area contributed by atoms with E-state index in [9.17, 15) is 9.59 Å². The quantitative estimate of drug-likeness (QED) is 0.489. The Balaban J connectivity index is 2.85. The second-order valence-corrected chi connectivity index (χ2v) is 3.93. The molecule has 5 nitrogen and oxygen atoms in total. The van der Waals surface area contributed by atoms with E-state index in [0.29, 0.717) is 19.6 Å². The third-order valence-corrected chi connectivity index (χ3v) is 2.41. The Morgan fingerprint density at radius 2 is 2.27 bits per heavy atom. The number of cyclic esters (lactones) is 1. The van der Waals surface area contributed by atoms with Crippen molar-refractivity contribution in [2.24, 2.45) is 5.41 Å². The zero-order valence-electron chi connectivity index (χ0n) is 9.41. The maximum absolute atomic E-state index is 11.8. The van der Waals surface area contributed by atoms with Crippen LogP contribution < -0.4 is 0 Å². The summed E-state index contributed by atoms with van der Waals surface area (Å²) < 4.78 is 9.80. The fourth-order valence-corrected chi connectivity index (χ4v) is 1.76. The highest BCUT2D eigenvalue weighted by molar-refractivity contribution is 6.01. The van der Waals surface area contributed by atoms with Gasteiger partial charge in [-0.2, -0.15) is 0 Å². The molecule has 1 aliphatic rings.